The number of fused-ring (bicyclic) bond motifs is 1. The molecular formula is C18H23N3O4S. The largest absolute Gasteiger partial charge is 0.317 e. The van der Waals surface area contributed by atoms with Crippen molar-refractivity contribution < 1.29 is 18.0 Å². The van der Waals surface area contributed by atoms with Crippen molar-refractivity contribution in [3.8, 4) is 0 Å². The van der Waals surface area contributed by atoms with Crippen LogP contribution in [0.4, 0.5) is 0 Å². The van der Waals surface area contributed by atoms with Crippen LogP contribution in [0.5, 0.6) is 0 Å². The number of piperidine rings is 1. The molecular weight excluding hydrogens is 354 g/mol. The van der Waals surface area contributed by atoms with Gasteiger partial charge in [0.25, 0.3) is 11.8 Å². The Hall–Kier alpha value is -1.77. The van der Waals surface area contributed by atoms with E-state index in [4.69, 9.17) is 0 Å². The summed E-state index contributed by atoms with van der Waals surface area (Å²) in [5.41, 5.74) is 0.794. The predicted octanol–water partition coefficient (Wildman–Crippen LogP) is 0.688. The molecule has 2 saturated heterocycles. The number of benzene rings is 1. The molecule has 0 radical (unpaired) electrons. The van der Waals surface area contributed by atoms with Gasteiger partial charge in [0.15, 0.2) is 0 Å². The highest BCUT2D eigenvalue weighted by molar-refractivity contribution is 7.89. The van der Waals surface area contributed by atoms with Crippen molar-refractivity contribution in [1.82, 2.24) is 14.5 Å². The van der Waals surface area contributed by atoms with Gasteiger partial charge in [-0.15, -0.1) is 0 Å². The summed E-state index contributed by atoms with van der Waals surface area (Å²) in [6, 6.07) is 6.61. The second-order valence-corrected chi connectivity index (χ2v) is 9.55. The van der Waals surface area contributed by atoms with Gasteiger partial charge in [0.2, 0.25) is 10.0 Å². The molecule has 8 heteroatoms. The van der Waals surface area contributed by atoms with Gasteiger partial charge in [-0.1, -0.05) is 12.1 Å². The lowest BCUT2D eigenvalue weighted by molar-refractivity contribution is 0.0663. The van der Waals surface area contributed by atoms with Gasteiger partial charge >= 0.3 is 0 Å². The van der Waals surface area contributed by atoms with Gasteiger partial charge in [-0.25, -0.2) is 12.7 Å². The molecule has 7 nitrogen and oxygen atoms in total. The molecule has 0 saturated carbocycles. The van der Waals surface area contributed by atoms with Crippen molar-refractivity contribution in [2.45, 2.75) is 19.3 Å². The maximum absolute atomic E-state index is 12.8. The number of hydrogen-bond acceptors (Lipinski definition) is 5. The van der Waals surface area contributed by atoms with Crippen LogP contribution >= 0.6 is 0 Å². The molecule has 2 amide bonds. The summed E-state index contributed by atoms with van der Waals surface area (Å²) < 4.78 is 27.1. The Kier molecular flexibility index (Phi) is 4.37. The number of hydrogen-bond donors (Lipinski definition) is 1. The number of nitrogens with one attached hydrogen (secondary N) is 1. The van der Waals surface area contributed by atoms with E-state index in [0.29, 0.717) is 24.2 Å². The molecule has 1 aromatic rings. The van der Waals surface area contributed by atoms with E-state index in [9.17, 15) is 18.0 Å². The maximum Gasteiger partial charge on any atom is 0.261 e. The quantitative estimate of drug-likeness (QED) is 0.780. The van der Waals surface area contributed by atoms with E-state index >= 15 is 0 Å². The lowest BCUT2D eigenvalue weighted by Gasteiger charge is -2.33. The molecule has 0 atom stereocenters. The standard InChI is InChI=1S/C18H23N3O4S/c22-16-14-3-1-2-4-15(14)17(23)21(16)11-12-26(24,25)20-10-7-18(13-20)5-8-19-9-6-18/h1-4,19H,5-13H2. The smallest absolute Gasteiger partial charge is 0.261 e. The summed E-state index contributed by atoms with van der Waals surface area (Å²) in [5.74, 6) is -1.03. The van der Waals surface area contributed by atoms with Crippen LogP contribution in [-0.2, 0) is 10.0 Å². The fourth-order valence-electron chi connectivity index (χ4n) is 4.27. The first-order chi connectivity index (χ1) is 12.4. The summed E-state index contributed by atoms with van der Waals surface area (Å²) in [6.45, 7) is 2.86. The van der Waals surface area contributed by atoms with Crippen LogP contribution in [0.15, 0.2) is 24.3 Å². The van der Waals surface area contributed by atoms with Gasteiger partial charge in [-0.2, -0.15) is 0 Å². The van der Waals surface area contributed by atoms with Crippen molar-refractivity contribution in [1.29, 1.82) is 0 Å². The third-order valence-corrected chi connectivity index (χ3v) is 7.71. The van der Waals surface area contributed by atoms with Crippen LogP contribution in [0.2, 0.25) is 0 Å². The molecule has 4 rings (SSSR count). The third-order valence-electron chi connectivity index (χ3n) is 5.91. The van der Waals surface area contributed by atoms with Gasteiger partial charge in [-0.3, -0.25) is 14.5 Å². The van der Waals surface area contributed by atoms with E-state index in [2.05, 4.69) is 5.32 Å². The Labute approximate surface area is 153 Å². The highest BCUT2D eigenvalue weighted by Gasteiger charge is 2.43. The summed E-state index contributed by atoms with van der Waals surface area (Å²) >= 11 is 0. The number of carbonyl (C=O) groups is 2. The number of carbonyl (C=O) groups excluding carboxylic acids is 2. The maximum atomic E-state index is 12.8. The van der Waals surface area contributed by atoms with Crippen molar-refractivity contribution in [2.24, 2.45) is 5.41 Å². The Balaban J connectivity index is 1.42. The lowest BCUT2D eigenvalue weighted by Crippen LogP contribution is -2.42. The first-order valence-corrected chi connectivity index (χ1v) is 10.7. The van der Waals surface area contributed by atoms with Crippen LogP contribution in [0.25, 0.3) is 0 Å². The van der Waals surface area contributed by atoms with Gasteiger partial charge in [0.05, 0.1) is 16.9 Å². The highest BCUT2D eigenvalue weighted by Crippen LogP contribution is 2.39. The second kappa shape index (κ2) is 6.44. The zero-order chi connectivity index (χ0) is 18.4. The predicted molar refractivity (Wildman–Crippen MR) is 96.3 cm³/mol. The molecule has 3 aliphatic rings. The number of imide groups is 1. The number of sulfonamides is 1. The van der Waals surface area contributed by atoms with E-state index in [0.717, 1.165) is 37.3 Å². The van der Waals surface area contributed by atoms with E-state index in [-0.39, 0.29) is 17.7 Å². The van der Waals surface area contributed by atoms with E-state index < -0.39 is 21.8 Å². The first kappa shape index (κ1) is 17.6. The van der Waals surface area contributed by atoms with Gasteiger partial charge < -0.3 is 5.32 Å². The number of amides is 2. The average Bonchev–Trinajstić information content (AvgIpc) is 3.16. The molecule has 3 aliphatic heterocycles. The molecule has 1 aromatic carbocycles. The summed E-state index contributed by atoms with van der Waals surface area (Å²) in [4.78, 5) is 25.8. The zero-order valence-corrected chi connectivity index (χ0v) is 15.4. The Bertz CT molecular complexity index is 811. The Morgan fingerprint density at radius 1 is 1.00 bits per heavy atom. The van der Waals surface area contributed by atoms with Crippen LogP contribution in [-0.4, -0.2) is 67.9 Å². The lowest BCUT2D eigenvalue weighted by atomic mass is 9.78. The molecule has 0 unspecified atom stereocenters. The highest BCUT2D eigenvalue weighted by atomic mass is 32.2. The van der Waals surface area contributed by atoms with E-state index in [1.807, 2.05) is 0 Å². The minimum atomic E-state index is -3.49. The molecule has 1 N–H and O–H groups in total. The summed E-state index contributed by atoms with van der Waals surface area (Å²) in [6.07, 6.45) is 2.88. The average molecular weight is 377 g/mol. The number of rotatable bonds is 4. The molecule has 1 spiro atoms. The van der Waals surface area contributed by atoms with E-state index in [1.54, 1.807) is 28.6 Å². The molecule has 0 aromatic heterocycles. The van der Waals surface area contributed by atoms with Crippen LogP contribution in [0, 0.1) is 5.41 Å². The van der Waals surface area contributed by atoms with Crippen LogP contribution in [0.3, 0.4) is 0 Å². The Morgan fingerprint density at radius 2 is 1.62 bits per heavy atom. The molecule has 0 bridgehead atoms. The molecule has 140 valence electrons. The topological polar surface area (TPSA) is 86.8 Å². The summed E-state index contributed by atoms with van der Waals surface area (Å²) in [7, 11) is -3.49. The second-order valence-electron chi connectivity index (χ2n) is 7.46. The molecule has 0 aliphatic carbocycles. The van der Waals surface area contributed by atoms with E-state index in [1.165, 1.54) is 0 Å². The molecule has 3 heterocycles. The van der Waals surface area contributed by atoms with Crippen molar-refractivity contribution in [2.75, 3.05) is 38.5 Å². The fourth-order valence-corrected chi connectivity index (χ4v) is 5.79. The van der Waals surface area contributed by atoms with Crippen LogP contribution in [0.1, 0.15) is 40.0 Å². The van der Waals surface area contributed by atoms with Gasteiger partial charge in [0.1, 0.15) is 0 Å². The summed E-state index contributed by atoms with van der Waals surface area (Å²) in [5, 5.41) is 3.32. The third kappa shape index (κ3) is 2.95. The van der Waals surface area contributed by atoms with Crippen molar-refractivity contribution in [3.63, 3.8) is 0 Å². The SMILES string of the molecule is O=C1c2ccccc2C(=O)N1CCS(=O)(=O)N1CCC2(CCNCC2)C1. The minimum Gasteiger partial charge on any atom is -0.317 e. The zero-order valence-electron chi connectivity index (χ0n) is 14.6. The normalized spacial score (nSPS) is 23.0. The minimum absolute atomic E-state index is 0.0911. The monoisotopic (exact) mass is 377 g/mol. The first-order valence-electron chi connectivity index (χ1n) is 9.06. The van der Waals surface area contributed by atoms with Gasteiger partial charge in [0, 0.05) is 19.6 Å². The molecule has 2 fully saturated rings. The van der Waals surface area contributed by atoms with Crippen LogP contribution < -0.4 is 5.32 Å². The Morgan fingerprint density at radius 3 is 2.23 bits per heavy atom. The number of nitrogens with zero attached hydrogens (tertiary/aromatic N) is 2. The van der Waals surface area contributed by atoms with Crippen molar-refractivity contribution >= 4 is 21.8 Å². The fraction of sp³-hybridized carbons (Fsp3) is 0.556. The molecule has 26 heavy (non-hydrogen) atoms. The van der Waals surface area contributed by atoms with Gasteiger partial charge in [-0.05, 0) is 49.9 Å². The van der Waals surface area contributed by atoms with Crippen molar-refractivity contribution in [3.05, 3.63) is 35.4 Å².